The van der Waals surface area contributed by atoms with Crippen molar-refractivity contribution in [1.29, 1.82) is 0 Å². The number of nitrogens with zero attached hydrogens (tertiary/aromatic N) is 3. The van der Waals surface area contributed by atoms with Gasteiger partial charge >= 0.3 is 5.97 Å². The predicted molar refractivity (Wildman–Crippen MR) is 94.6 cm³/mol. The highest BCUT2D eigenvalue weighted by Crippen LogP contribution is 2.34. The number of nitro groups is 1. The lowest BCUT2D eigenvalue weighted by atomic mass is 9.89. The molecular weight excluding hydrogens is 330 g/mol. The number of nitro benzene ring substituents is 1. The molecule has 0 aromatic heterocycles. The number of amidine groups is 1. The molecule has 0 fully saturated rings. The van der Waals surface area contributed by atoms with E-state index in [0.29, 0.717) is 16.4 Å². The highest BCUT2D eigenvalue weighted by atomic mass is 32.2. The molecular formula is C16H19N3O4S. The zero-order valence-corrected chi connectivity index (χ0v) is 14.7. The molecule has 0 N–H and O–H groups in total. The normalized spacial score (nSPS) is 20.4. The van der Waals surface area contributed by atoms with Gasteiger partial charge in [0.25, 0.3) is 5.69 Å². The fourth-order valence-electron chi connectivity index (χ4n) is 2.46. The van der Waals surface area contributed by atoms with Gasteiger partial charge in [0.15, 0.2) is 5.17 Å². The molecule has 1 aliphatic rings. The van der Waals surface area contributed by atoms with Crippen molar-refractivity contribution in [2.24, 2.45) is 15.9 Å². The van der Waals surface area contributed by atoms with Crippen LogP contribution in [0.2, 0.25) is 0 Å². The molecule has 1 heterocycles. The lowest BCUT2D eigenvalue weighted by Crippen LogP contribution is -2.34. The maximum atomic E-state index is 12.5. The summed E-state index contributed by atoms with van der Waals surface area (Å²) >= 11 is 1.36. The van der Waals surface area contributed by atoms with Gasteiger partial charge in [-0.2, -0.15) is 0 Å². The molecule has 0 spiro atoms. The number of carbonyl (C=O) groups is 1. The summed E-state index contributed by atoms with van der Waals surface area (Å²) in [6, 6.07) is 5.59. The van der Waals surface area contributed by atoms with Gasteiger partial charge in [-0.15, -0.1) is 0 Å². The highest BCUT2D eigenvalue weighted by Gasteiger charge is 2.37. The fourth-order valence-corrected chi connectivity index (χ4v) is 2.92. The molecule has 8 heteroatoms. The Labute approximate surface area is 144 Å². The Balaban J connectivity index is 2.46. The van der Waals surface area contributed by atoms with Gasteiger partial charge in [-0.1, -0.05) is 23.9 Å². The van der Waals surface area contributed by atoms with Gasteiger partial charge in [0.1, 0.15) is 5.92 Å². The monoisotopic (exact) mass is 349 g/mol. The Hall–Kier alpha value is -2.22. The fraction of sp³-hybridized carbons (Fsp3) is 0.438. The van der Waals surface area contributed by atoms with Gasteiger partial charge in [0.05, 0.1) is 17.1 Å². The molecule has 128 valence electrons. The number of benzene rings is 1. The van der Waals surface area contributed by atoms with Crippen molar-refractivity contribution < 1.29 is 14.5 Å². The lowest BCUT2D eigenvalue weighted by molar-refractivity contribution is -0.384. The van der Waals surface area contributed by atoms with E-state index in [4.69, 9.17) is 4.74 Å². The molecule has 1 aromatic rings. The van der Waals surface area contributed by atoms with E-state index in [1.807, 2.05) is 6.26 Å². The molecule has 0 saturated heterocycles. The van der Waals surface area contributed by atoms with Crippen LogP contribution >= 0.6 is 11.8 Å². The first kappa shape index (κ1) is 18.1. The lowest BCUT2D eigenvalue weighted by Gasteiger charge is -2.27. The van der Waals surface area contributed by atoms with Crippen LogP contribution in [0.25, 0.3) is 0 Å². The van der Waals surface area contributed by atoms with E-state index >= 15 is 0 Å². The van der Waals surface area contributed by atoms with Crippen LogP contribution in [-0.2, 0) is 9.53 Å². The van der Waals surface area contributed by atoms with Gasteiger partial charge in [0, 0.05) is 17.8 Å². The number of thioether (sulfide) groups is 1. The Bertz CT molecular complexity index is 715. The van der Waals surface area contributed by atoms with Crippen LogP contribution in [0.4, 0.5) is 5.69 Å². The Morgan fingerprint density at radius 1 is 1.42 bits per heavy atom. The van der Waals surface area contributed by atoms with Gasteiger partial charge in [-0.25, -0.2) is 4.99 Å². The van der Waals surface area contributed by atoms with Gasteiger partial charge in [-0.05, 0) is 32.6 Å². The summed E-state index contributed by atoms with van der Waals surface area (Å²) in [5.41, 5.74) is 1.15. The maximum Gasteiger partial charge on any atom is 0.317 e. The second-order valence-corrected chi connectivity index (χ2v) is 6.40. The largest absolute Gasteiger partial charge is 0.462 e. The Morgan fingerprint density at radius 3 is 2.71 bits per heavy atom. The second-order valence-electron chi connectivity index (χ2n) is 5.63. The highest BCUT2D eigenvalue weighted by molar-refractivity contribution is 8.13. The van der Waals surface area contributed by atoms with E-state index in [-0.39, 0.29) is 11.8 Å². The number of hydrogen-bond acceptors (Lipinski definition) is 7. The minimum absolute atomic E-state index is 0.0375. The van der Waals surface area contributed by atoms with Crippen molar-refractivity contribution in [3.63, 3.8) is 0 Å². The van der Waals surface area contributed by atoms with Crippen molar-refractivity contribution in [2.75, 3.05) is 6.26 Å². The molecule has 0 amide bonds. The van der Waals surface area contributed by atoms with E-state index in [2.05, 4.69) is 9.98 Å². The van der Waals surface area contributed by atoms with E-state index in [0.717, 1.165) is 0 Å². The standard InChI is InChI=1S/C16H19N3O4S/c1-9(2)23-15(20)13-10(3)17-16(24-4)18-14(13)11-6-5-7-12(8-11)19(21)22/h5-9,13-14H,1-4H3. The summed E-state index contributed by atoms with van der Waals surface area (Å²) in [6.07, 6.45) is 1.58. The quantitative estimate of drug-likeness (QED) is 0.472. The zero-order valence-electron chi connectivity index (χ0n) is 13.9. The van der Waals surface area contributed by atoms with Gasteiger partial charge < -0.3 is 4.74 Å². The Morgan fingerprint density at radius 2 is 2.12 bits per heavy atom. The average Bonchev–Trinajstić information content (AvgIpc) is 2.53. The van der Waals surface area contributed by atoms with Crippen LogP contribution in [0.3, 0.4) is 0 Å². The summed E-state index contributed by atoms with van der Waals surface area (Å²) in [5.74, 6) is -1.11. The Kier molecular flexibility index (Phi) is 5.71. The SMILES string of the molecule is CSC1=NC(c2cccc([N+](=O)[O-])c2)C(C(=O)OC(C)C)C(C)=N1. The van der Waals surface area contributed by atoms with Crippen LogP contribution in [0.5, 0.6) is 0 Å². The molecule has 1 aromatic carbocycles. The van der Waals surface area contributed by atoms with Crippen LogP contribution in [0, 0.1) is 16.0 Å². The van der Waals surface area contributed by atoms with Crippen molar-refractivity contribution in [2.45, 2.75) is 32.9 Å². The molecule has 24 heavy (non-hydrogen) atoms. The van der Waals surface area contributed by atoms with Crippen LogP contribution in [0.1, 0.15) is 32.4 Å². The number of rotatable bonds is 4. The number of ether oxygens (including phenoxy) is 1. The molecule has 0 bridgehead atoms. The molecule has 2 unspecified atom stereocenters. The zero-order chi connectivity index (χ0) is 17.9. The summed E-state index contributed by atoms with van der Waals surface area (Å²) in [4.78, 5) is 31.9. The van der Waals surface area contributed by atoms with Gasteiger partial charge in [0.2, 0.25) is 0 Å². The summed E-state index contributed by atoms with van der Waals surface area (Å²) in [6.45, 7) is 5.29. The molecule has 2 atom stereocenters. The molecule has 7 nitrogen and oxygen atoms in total. The number of hydrogen-bond donors (Lipinski definition) is 0. The topological polar surface area (TPSA) is 94.2 Å². The van der Waals surface area contributed by atoms with E-state index in [1.54, 1.807) is 32.9 Å². The van der Waals surface area contributed by atoms with Crippen molar-refractivity contribution >= 4 is 34.3 Å². The van der Waals surface area contributed by atoms with Crippen LogP contribution < -0.4 is 0 Å². The second kappa shape index (κ2) is 7.57. The molecule has 0 radical (unpaired) electrons. The minimum atomic E-state index is -0.690. The minimum Gasteiger partial charge on any atom is -0.462 e. The van der Waals surface area contributed by atoms with E-state index in [9.17, 15) is 14.9 Å². The summed E-state index contributed by atoms with van der Waals surface area (Å²) in [5, 5.41) is 11.6. The predicted octanol–water partition coefficient (Wildman–Crippen LogP) is 3.40. The van der Waals surface area contributed by atoms with Crippen molar-refractivity contribution in [3.8, 4) is 0 Å². The van der Waals surface area contributed by atoms with Gasteiger partial charge in [-0.3, -0.25) is 19.9 Å². The average molecular weight is 349 g/mol. The smallest absolute Gasteiger partial charge is 0.317 e. The third kappa shape index (κ3) is 4.00. The first-order valence-electron chi connectivity index (χ1n) is 7.45. The summed E-state index contributed by atoms with van der Waals surface area (Å²) < 4.78 is 5.33. The van der Waals surface area contributed by atoms with E-state index in [1.165, 1.54) is 23.9 Å². The van der Waals surface area contributed by atoms with Crippen molar-refractivity contribution in [1.82, 2.24) is 0 Å². The third-order valence-corrected chi connectivity index (χ3v) is 4.06. The first-order valence-corrected chi connectivity index (χ1v) is 8.67. The third-order valence-electron chi connectivity index (χ3n) is 3.50. The molecule has 0 aliphatic carbocycles. The van der Waals surface area contributed by atoms with E-state index < -0.39 is 22.9 Å². The number of esters is 1. The maximum absolute atomic E-state index is 12.5. The van der Waals surface area contributed by atoms with Crippen molar-refractivity contribution in [3.05, 3.63) is 39.9 Å². The molecule has 1 aliphatic heterocycles. The summed E-state index contributed by atoms with van der Waals surface area (Å²) in [7, 11) is 0. The van der Waals surface area contributed by atoms with Crippen LogP contribution in [-0.4, -0.2) is 34.1 Å². The number of non-ortho nitro benzene ring substituents is 1. The molecule has 2 rings (SSSR count). The molecule has 0 saturated carbocycles. The number of aliphatic imine (C=N–C) groups is 2. The first-order chi connectivity index (χ1) is 11.3. The van der Waals surface area contributed by atoms with Crippen LogP contribution in [0.15, 0.2) is 34.3 Å². The number of carbonyl (C=O) groups excluding carboxylic acids is 1.